The van der Waals surface area contributed by atoms with Crippen LogP contribution in [-0.4, -0.2) is 0 Å². The molecule has 1 heteroatoms. The van der Waals surface area contributed by atoms with Crippen molar-refractivity contribution in [3.63, 3.8) is 0 Å². The zero-order valence-electron chi connectivity index (χ0n) is 3.89. The lowest BCUT2D eigenvalue weighted by atomic mass is 10.2. The molecule has 0 aromatic carbocycles. The fourth-order valence-electron chi connectivity index (χ4n) is 0.495. The molecule has 1 radical (unpaired) electrons. The summed E-state index contributed by atoms with van der Waals surface area (Å²) >= 11 is 5.56. The van der Waals surface area contributed by atoms with Crippen LogP contribution in [0.5, 0.6) is 0 Å². The Hall–Kier alpha value is -0.230. The zero-order chi connectivity index (χ0) is 5.11. The minimum Gasteiger partial charge on any atom is -0.0847 e. The monoisotopic (exact) mass is 113 g/mol. The minimum atomic E-state index is 0.825. The maximum atomic E-state index is 5.56. The Morgan fingerprint density at radius 1 is 1.57 bits per heavy atom. The highest BCUT2D eigenvalue weighted by molar-refractivity contribution is 6.31. The van der Waals surface area contributed by atoms with Gasteiger partial charge in [-0.15, -0.1) is 0 Å². The summed E-state index contributed by atoms with van der Waals surface area (Å²) < 4.78 is 0. The van der Waals surface area contributed by atoms with Crippen molar-refractivity contribution >= 4 is 11.6 Å². The Kier molecular flexibility index (Phi) is 1.53. The predicted octanol–water partition coefficient (Wildman–Crippen LogP) is 2.27. The third kappa shape index (κ3) is 1.36. The maximum Gasteiger partial charge on any atom is 0.0366 e. The molecular weight excluding hydrogens is 108 g/mol. The van der Waals surface area contributed by atoms with Crippen LogP contribution in [0, 0.1) is 6.42 Å². The van der Waals surface area contributed by atoms with Gasteiger partial charge in [0.1, 0.15) is 0 Å². The van der Waals surface area contributed by atoms with E-state index >= 15 is 0 Å². The number of halogens is 1. The van der Waals surface area contributed by atoms with E-state index in [0.717, 1.165) is 11.5 Å². The molecule has 0 aromatic rings. The van der Waals surface area contributed by atoms with Crippen molar-refractivity contribution in [3.05, 3.63) is 29.7 Å². The lowest BCUT2D eigenvalue weighted by Gasteiger charge is -1.94. The molecule has 0 unspecified atom stereocenters. The van der Waals surface area contributed by atoms with E-state index in [0.29, 0.717) is 0 Å². The molecule has 0 heterocycles. The maximum absolute atomic E-state index is 5.56. The van der Waals surface area contributed by atoms with Gasteiger partial charge in [0.15, 0.2) is 0 Å². The van der Waals surface area contributed by atoms with Crippen molar-refractivity contribution in [1.82, 2.24) is 0 Å². The van der Waals surface area contributed by atoms with Crippen LogP contribution < -0.4 is 0 Å². The van der Waals surface area contributed by atoms with Gasteiger partial charge in [-0.05, 0) is 18.9 Å². The Morgan fingerprint density at radius 2 is 2.43 bits per heavy atom. The van der Waals surface area contributed by atoms with Gasteiger partial charge in [-0.1, -0.05) is 23.8 Å². The number of rotatable bonds is 0. The fraction of sp³-hybridized carbons (Fsp3) is 0.167. The topological polar surface area (TPSA) is 0 Å². The van der Waals surface area contributed by atoms with Gasteiger partial charge in [-0.25, -0.2) is 0 Å². The van der Waals surface area contributed by atoms with Crippen molar-refractivity contribution in [3.8, 4) is 0 Å². The SMILES string of the molecule is ClC1=C[CH]CC=C1. The number of hydrogen-bond acceptors (Lipinski definition) is 0. The Labute approximate surface area is 48.5 Å². The van der Waals surface area contributed by atoms with Crippen LogP contribution >= 0.6 is 11.6 Å². The van der Waals surface area contributed by atoms with Gasteiger partial charge in [0.2, 0.25) is 0 Å². The van der Waals surface area contributed by atoms with E-state index in [1.165, 1.54) is 0 Å². The fourth-order valence-corrected chi connectivity index (χ4v) is 0.674. The third-order valence-electron chi connectivity index (χ3n) is 0.826. The summed E-state index contributed by atoms with van der Waals surface area (Å²) in [5, 5.41) is 0.825. The summed E-state index contributed by atoms with van der Waals surface area (Å²) in [5.74, 6) is 0. The lowest BCUT2D eigenvalue weighted by Crippen LogP contribution is -1.75. The summed E-state index contributed by atoms with van der Waals surface area (Å²) in [4.78, 5) is 0. The largest absolute Gasteiger partial charge is 0.0847 e. The molecule has 0 saturated heterocycles. The van der Waals surface area contributed by atoms with Gasteiger partial charge in [0.05, 0.1) is 0 Å². The summed E-state index contributed by atoms with van der Waals surface area (Å²) in [6, 6.07) is 0. The highest BCUT2D eigenvalue weighted by Crippen LogP contribution is 2.10. The van der Waals surface area contributed by atoms with Crippen molar-refractivity contribution < 1.29 is 0 Å². The molecule has 1 aliphatic carbocycles. The zero-order valence-corrected chi connectivity index (χ0v) is 4.65. The first-order chi connectivity index (χ1) is 3.39. The molecule has 1 rings (SSSR count). The van der Waals surface area contributed by atoms with Crippen molar-refractivity contribution in [2.24, 2.45) is 0 Å². The Morgan fingerprint density at radius 3 is 2.71 bits per heavy atom. The smallest absolute Gasteiger partial charge is 0.0366 e. The molecule has 0 amide bonds. The molecule has 0 fully saturated rings. The summed E-state index contributed by atoms with van der Waals surface area (Å²) in [6.45, 7) is 0. The van der Waals surface area contributed by atoms with Crippen molar-refractivity contribution in [1.29, 1.82) is 0 Å². The number of allylic oxidation sites excluding steroid dienone is 4. The van der Waals surface area contributed by atoms with E-state index in [2.05, 4.69) is 0 Å². The first-order valence-corrected chi connectivity index (χ1v) is 2.63. The van der Waals surface area contributed by atoms with Gasteiger partial charge in [-0.2, -0.15) is 0 Å². The van der Waals surface area contributed by atoms with E-state index in [4.69, 9.17) is 11.6 Å². The quantitative estimate of drug-likeness (QED) is 0.452. The molecule has 0 atom stereocenters. The van der Waals surface area contributed by atoms with Gasteiger partial charge in [0, 0.05) is 5.03 Å². The second-order valence-corrected chi connectivity index (χ2v) is 1.86. The average Bonchev–Trinajstić information content (AvgIpc) is 1.69. The van der Waals surface area contributed by atoms with E-state index < -0.39 is 0 Å². The number of hydrogen-bond donors (Lipinski definition) is 0. The van der Waals surface area contributed by atoms with E-state index in [1.54, 1.807) is 0 Å². The van der Waals surface area contributed by atoms with E-state index in [9.17, 15) is 0 Å². The predicted molar refractivity (Wildman–Crippen MR) is 32.0 cm³/mol. The van der Waals surface area contributed by atoms with Crippen LogP contribution in [0.3, 0.4) is 0 Å². The Bertz CT molecular complexity index is 111. The van der Waals surface area contributed by atoms with Crippen LogP contribution in [0.25, 0.3) is 0 Å². The van der Waals surface area contributed by atoms with Gasteiger partial charge in [-0.3, -0.25) is 0 Å². The molecule has 1 aliphatic rings. The summed E-state index contributed by atoms with van der Waals surface area (Å²) in [5.41, 5.74) is 0. The van der Waals surface area contributed by atoms with Gasteiger partial charge in [0.25, 0.3) is 0 Å². The van der Waals surface area contributed by atoms with Crippen LogP contribution in [-0.2, 0) is 0 Å². The molecular formula is C6H6Cl. The molecule has 0 spiro atoms. The first kappa shape index (κ1) is 4.92. The molecule has 37 valence electrons. The minimum absolute atomic E-state index is 0.825. The normalized spacial score (nSPS) is 19.3. The molecule has 0 nitrogen and oxygen atoms in total. The molecule has 0 bridgehead atoms. The standard InChI is InChI=1S/C6H6Cl/c7-6-4-2-1-3-5-6/h2-5H,1H2. The third-order valence-corrected chi connectivity index (χ3v) is 1.08. The molecule has 0 saturated carbocycles. The van der Waals surface area contributed by atoms with Crippen molar-refractivity contribution in [2.75, 3.05) is 0 Å². The molecule has 0 N–H and O–H groups in total. The molecule has 0 aliphatic heterocycles. The van der Waals surface area contributed by atoms with Crippen LogP contribution in [0.2, 0.25) is 0 Å². The molecule has 7 heavy (non-hydrogen) atoms. The Balaban J connectivity index is 2.58. The summed E-state index contributed by atoms with van der Waals surface area (Å²) in [6.07, 6.45) is 8.89. The second-order valence-electron chi connectivity index (χ2n) is 1.43. The lowest BCUT2D eigenvalue weighted by molar-refractivity contribution is 1.26. The highest BCUT2D eigenvalue weighted by atomic mass is 35.5. The summed E-state index contributed by atoms with van der Waals surface area (Å²) in [7, 11) is 0. The molecule has 0 aromatic heterocycles. The van der Waals surface area contributed by atoms with E-state index in [1.807, 2.05) is 24.6 Å². The van der Waals surface area contributed by atoms with Crippen LogP contribution in [0.15, 0.2) is 23.3 Å². The average molecular weight is 114 g/mol. The van der Waals surface area contributed by atoms with Crippen LogP contribution in [0.1, 0.15) is 6.42 Å². The highest BCUT2D eigenvalue weighted by Gasteiger charge is 1.88. The van der Waals surface area contributed by atoms with Crippen LogP contribution in [0.4, 0.5) is 0 Å². The first-order valence-electron chi connectivity index (χ1n) is 2.25. The van der Waals surface area contributed by atoms with Gasteiger partial charge >= 0.3 is 0 Å². The second kappa shape index (κ2) is 2.17. The van der Waals surface area contributed by atoms with Gasteiger partial charge < -0.3 is 0 Å². The van der Waals surface area contributed by atoms with Crippen molar-refractivity contribution in [2.45, 2.75) is 6.42 Å². The van der Waals surface area contributed by atoms with E-state index in [-0.39, 0.29) is 0 Å².